The predicted molar refractivity (Wildman–Crippen MR) is 148 cm³/mol. The Kier molecular flexibility index (Phi) is 7.64. The molecule has 2 aromatic heterocycles. The SMILES string of the molecule is COc1ccc(C(N)=O)cc1-c1sc(C2CCN(C(=O)N3CCN(c4ccccn4)CC3)CC2)nc1C(N)=O. The Labute approximate surface area is 230 Å². The number of nitrogens with zero attached hydrogens (tertiary/aromatic N) is 5. The minimum Gasteiger partial charge on any atom is -0.496 e. The number of piperazine rings is 1. The summed E-state index contributed by atoms with van der Waals surface area (Å²) in [5.74, 6) is 0.261. The van der Waals surface area contributed by atoms with E-state index in [0.29, 0.717) is 47.9 Å². The lowest BCUT2D eigenvalue weighted by molar-refractivity contribution is 0.0990. The second-order valence-corrected chi connectivity index (χ2v) is 10.6. The van der Waals surface area contributed by atoms with Gasteiger partial charge < -0.3 is 30.9 Å². The summed E-state index contributed by atoms with van der Waals surface area (Å²) in [4.78, 5) is 52.9. The number of pyridine rings is 1. The molecular formula is C27H31N7O4S. The molecule has 0 saturated carbocycles. The minimum atomic E-state index is -0.656. The van der Waals surface area contributed by atoms with Crippen molar-refractivity contribution in [3.63, 3.8) is 0 Å². The Morgan fingerprint density at radius 3 is 2.28 bits per heavy atom. The quantitative estimate of drug-likeness (QED) is 0.480. The molecule has 2 aliphatic heterocycles. The fraction of sp³-hybridized carbons (Fsp3) is 0.370. The van der Waals surface area contributed by atoms with Crippen LogP contribution >= 0.6 is 11.3 Å². The van der Waals surface area contributed by atoms with Gasteiger partial charge in [0.15, 0.2) is 0 Å². The van der Waals surface area contributed by atoms with Gasteiger partial charge in [-0.3, -0.25) is 9.59 Å². The van der Waals surface area contributed by atoms with Crippen LogP contribution in [0.3, 0.4) is 0 Å². The topological polar surface area (TPSA) is 148 Å². The molecule has 1 aromatic carbocycles. The number of amides is 4. The number of carbonyl (C=O) groups is 3. The summed E-state index contributed by atoms with van der Waals surface area (Å²) in [6.07, 6.45) is 3.23. The Morgan fingerprint density at radius 1 is 0.949 bits per heavy atom. The number of benzene rings is 1. The van der Waals surface area contributed by atoms with E-state index in [0.717, 1.165) is 36.8 Å². The van der Waals surface area contributed by atoms with Crippen molar-refractivity contribution in [2.45, 2.75) is 18.8 Å². The van der Waals surface area contributed by atoms with Crippen molar-refractivity contribution in [2.24, 2.45) is 11.5 Å². The molecule has 3 aromatic rings. The highest BCUT2D eigenvalue weighted by atomic mass is 32.1. The maximum absolute atomic E-state index is 13.2. The molecule has 0 spiro atoms. The normalized spacial score (nSPS) is 16.3. The number of hydrogen-bond donors (Lipinski definition) is 2. The fourth-order valence-electron chi connectivity index (χ4n) is 5.08. The van der Waals surface area contributed by atoms with Gasteiger partial charge >= 0.3 is 6.03 Å². The predicted octanol–water partition coefficient (Wildman–Crippen LogP) is 2.53. The van der Waals surface area contributed by atoms with Crippen LogP contribution in [-0.2, 0) is 0 Å². The van der Waals surface area contributed by atoms with E-state index in [9.17, 15) is 14.4 Å². The third-order valence-electron chi connectivity index (χ3n) is 7.24. The monoisotopic (exact) mass is 549 g/mol. The van der Waals surface area contributed by atoms with Gasteiger partial charge in [-0.25, -0.2) is 14.8 Å². The lowest BCUT2D eigenvalue weighted by atomic mass is 9.97. The third kappa shape index (κ3) is 5.51. The summed E-state index contributed by atoms with van der Waals surface area (Å²) in [6.45, 7) is 4.00. The number of anilines is 1. The number of primary amides is 2. The number of thiazole rings is 1. The smallest absolute Gasteiger partial charge is 0.320 e. The first kappa shape index (κ1) is 26.4. The van der Waals surface area contributed by atoms with Crippen molar-refractivity contribution < 1.29 is 19.1 Å². The number of carbonyl (C=O) groups excluding carboxylic acids is 3. The van der Waals surface area contributed by atoms with Crippen molar-refractivity contribution >= 4 is 35.0 Å². The van der Waals surface area contributed by atoms with Gasteiger partial charge in [-0.15, -0.1) is 11.3 Å². The molecule has 11 nitrogen and oxygen atoms in total. The van der Waals surface area contributed by atoms with E-state index >= 15 is 0 Å². The molecule has 4 amide bonds. The molecule has 0 aliphatic carbocycles. The first-order valence-corrected chi connectivity index (χ1v) is 13.7. The van der Waals surface area contributed by atoms with E-state index in [4.69, 9.17) is 16.2 Å². The minimum absolute atomic E-state index is 0.0553. The molecule has 0 atom stereocenters. The summed E-state index contributed by atoms with van der Waals surface area (Å²) < 4.78 is 5.47. The number of likely N-dealkylation sites (tertiary alicyclic amines) is 1. The largest absolute Gasteiger partial charge is 0.496 e. The molecule has 2 saturated heterocycles. The van der Waals surface area contributed by atoms with Gasteiger partial charge in [-0.05, 0) is 43.2 Å². The molecule has 4 N–H and O–H groups in total. The molecule has 4 heterocycles. The molecule has 12 heteroatoms. The average molecular weight is 550 g/mol. The second kappa shape index (κ2) is 11.3. The first-order valence-electron chi connectivity index (χ1n) is 12.8. The van der Waals surface area contributed by atoms with Gasteiger partial charge in [0.1, 0.15) is 17.3 Å². The van der Waals surface area contributed by atoms with E-state index in [1.54, 1.807) is 24.4 Å². The summed E-state index contributed by atoms with van der Waals surface area (Å²) >= 11 is 1.36. The highest BCUT2D eigenvalue weighted by molar-refractivity contribution is 7.15. The number of hydrogen-bond acceptors (Lipinski definition) is 8. The Balaban J connectivity index is 1.26. The Hall–Kier alpha value is -4.19. The van der Waals surface area contributed by atoms with E-state index in [-0.39, 0.29) is 17.6 Å². The molecule has 2 aliphatic rings. The van der Waals surface area contributed by atoms with Crippen LogP contribution in [0.2, 0.25) is 0 Å². The molecule has 204 valence electrons. The van der Waals surface area contributed by atoms with Gasteiger partial charge in [0, 0.05) is 62.5 Å². The molecule has 0 radical (unpaired) electrons. The van der Waals surface area contributed by atoms with Crippen LogP contribution in [0.5, 0.6) is 5.75 Å². The molecule has 0 unspecified atom stereocenters. The van der Waals surface area contributed by atoms with Crippen LogP contribution in [0.25, 0.3) is 10.4 Å². The van der Waals surface area contributed by atoms with Crippen LogP contribution in [0.1, 0.15) is 44.6 Å². The Bertz CT molecular complexity index is 1360. The Morgan fingerprint density at radius 2 is 1.67 bits per heavy atom. The summed E-state index contributed by atoms with van der Waals surface area (Å²) in [5.41, 5.74) is 12.1. The number of nitrogens with two attached hydrogens (primary N) is 2. The average Bonchev–Trinajstić information content (AvgIpc) is 3.43. The fourth-order valence-corrected chi connectivity index (χ4v) is 6.35. The first-order chi connectivity index (χ1) is 18.9. The molecule has 39 heavy (non-hydrogen) atoms. The van der Waals surface area contributed by atoms with E-state index < -0.39 is 11.8 Å². The standard InChI is InChI=1S/C27H31N7O4S/c1-38-20-6-5-18(24(28)35)16-19(20)23-22(25(29)36)31-26(39-23)17-7-10-33(11-8-17)27(37)34-14-12-32(13-15-34)21-4-2-3-9-30-21/h2-6,9,16-17H,7-8,10-15H2,1H3,(H2,28,35)(H2,29,36). The lowest BCUT2D eigenvalue weighted by Gasteiger charge is -2.39. The van der Waals surface area contributed by atoms with E-state index in [2.05, 4.69) is 14.9 Å². The summed E-state index contributed by atoms with van der Waals surface area (Å²) in [5, 5.41) is 0.779. The van der Waals surface area contributed by atoms with Crippen LogP contribution in [-0.4, -0.2) is 84.0 Å². The van der Waals surface area contributed by atoms with Gasteiger partial charge in [0.25, 0.3) is 5.91 Å². The van der Waals surface area contributed by atoms with Gasteiger partial charge in [-0.2, -0.15) is 0 Å². The van der Waals surface area contributed by atoms with Crippen molar-refractivity contribution in [1.82, 2.24) is 19.8 Å². The van der Waals surface area contributed by atoms with Gasteiger partial charge in [0.2, 0.25) is 5.91 Å². The number of piperidine rings is 1. The van der Waals surface area contributed by atoms with Crippen LogP contribution < -0.4 is 21.1 Å². The number of methoxy groups -OCH3 is 1. The summed E-state index contributed by atoms with van der Waals surface area (Å²) in [7, 11) is 1.51. The van der Waals surface area contributed by atoms with Gasteiger partial charge in [-0.1, -0.05) is 6.07 Å². The highest BCUT2D eigenvalue weighted by Gasteiger charge is 2.32. The van der Waals surface area contributed by atoms with Crippen LogP contribution in [0, 0.1) is 0 Å². The second-order valence-electron chi connectivity index (χ2n) is 9.58. The number of aromatic nitrogens is 2. The van der Waals surface area contributed by atoms with Crippen molar-refractivity contribution in [3.8, 4) is 16.2 Å². The zero-order valence-corrected chi connectivity index (χ0v) is 22.5. The van der Waals surface area contributed by atoms with Crippen molar-refractivity contribution in [3.05, 3.63) is 58.9 Å². The molecule has 0 bridgehead atoms. The van der Waals surface area contributed by atoms with E-state index in [1.165, 1.54) is 18.4 Å². The van der Waals surface area contributed by atoms with Gasteiger partial charge in [0.05, 0.1) is 17.0 Å². The maximum atomic E-state index is 13.2. The molecule has 2 fully saturated rings. The highest BCUT2D eigenvalue weighted by Crippen LogP contribution is 2.41. The third-order valence-corrected chi connectivity index (χ3v) is 8.50. The molecular weight excluding hydrogens is 518 g/mol. The zero-order valence-electron chi connectivity index (χ0n) is 21.7. The van der Waals surface area contributed by atoms with Crippen LogP contribution in [0.4, 0.5) is 10.6 Å². The maximum Gasteiger partial charge on any atom is 0.320 e. The number of ether oxygens (including phenoxy) is 1. The van der Waals surface area contributed by atoms with Crippen molar-refractivity contribution in [2.75, 3.05) is 51.3 Å². The number of urea groups is 1. The van der Waals surface area contributed by atoms with Crippen molar-refractivity contribution in [1.29, 1.82) is 0 Å². The zero-order chi connectivity index (χ0) is 27.5. The van der Waals surface area contributed by atoms with E-state index in [1.807, 2.05) is 28.0 Å². The van der Waals surface area contributed by atoms with Crippen LogP contribution in [0.15, 0.2) is 42.6 Å². The lowest BCUT2D eigenvalue weighted by Crippen LogP contribution is -2.54. The molecule has 5 rings (SSSR count). The number of rotatable bonds is 6. The summed E-state index contributed by atoms with van der Waals surface area (Å²) in [6, 6.07) is 10.7.